The van der Waals surface area contributed by atoms with Crippen LogP contribution >= 0.6 is 0 Å². The minimum absolute atomic E-state index is 0.0757. The average molecular weight is 432 g/mol. The number of rotatable bonds is 5. The van der Waals surface area contributed by atoms with E-state index in [1.165, 1.54) is 16.3 Å². The van der Waals surface area contributed by atoms with Crippen LogP contribution in [0.4, 0.5) is 17.3 Å². The fraction of sp³-hybridized carbons (Fsp3) is 0.320. The first kappa shape index (κ1) is 21.6. The van der Waals surface area contributed by atoms with Crippen molar-refractivity contribution < 1.29 is 4.79 Å². The molecule has 0 saturated carbocycles. The van der Waals surface area contributed by atoms with Gasteiger partial charge >= 0.3 is 0 Å². The number of hydrogen-bond donors (Lipinski definition) is 1. The van der Waals surface area contributed by atoms with Crippen LogP contribution < -0.4 is 20.7 Å². The highest BCUT2D eigenvalue weighted by Crippen LogP contribution is 2.20. The zero-order chi connectivity index (χ0) is 22.7. The van der Waals surface area contributed by atoms with Crippen LogP contribution in [0.3, 0.4) is 0 Å². The number of nitrogens with one attached hydrogen (secondary N) is 1. The number of anilines is 3. The molecule has 1 fully saturated rings. The molecule has 2 heterocycles. The Morgan fingerprint density at radius 2 is 1.62 bits per heavy atom. The van der Waals surface area contributed by atoms with Crippen LogP contribution in [0.25, 0.3) is 0 Å². The normalized spacial score (nSPS) is 13.8. The topological polar surface area (TPSA) is 70.5 Å². The number of carbonyl (C=O) groups excluding carboxylic acids is 1. The third-order valence-electron chi connectivity index (χ3n) is 5.77. The second-order valence-electron chi connectivity index (χ2n) is 8.30. The molecule has 4 rings (SSSR count). The molecule has 0 bridgehead atoms. The summed E-state index contributed by atoms with van der Waals surface area (Å²) < 4.78 is 1.48. The first-order valence-electron chi connectivity index (χ1n) is 10.9. The van der Waals surface area contributed by atoms with Crippen molar-refractivity contribution in [1.82, 2.24) is 9.55 Å². The van der Waals surface area contributed by atoms with Gasteiger partial charge in [0.1, 0.15) is 6.54 Å². The third-order valence-corrected chi connectivity index (χ3v) is 5.77. The van der Waals surface area contributed by atoms with Crippen LogP contribution in [0.5, 0.6) is 0 Å². The molecule has 1 saturated heterocycles. The Kier molecular flexibility index (Phi) is 6.25. The maximum atomic E-state index is 12.8. The molecule has 0 unspecified atom stereocenters. The quantitative estimate of drug-likeness (QED) is 0.672. The zero-order valence-electron chi connectivity index (χ0n) is 18.8. The van der Waals surface area contributed by atoms with Crippen LogP contribution in [0.2, 0.25) is 0 Å². The molecule has 1 amide bonds. The summed E-state index contributed by atoms with van der Waals surface area (Å²) in [5, 5.41) is 2.95. The molecule has 0 radical (unpaired) electrons. The van der Waals surface area contributed by atoms with Crippen LogP contribution in [-0.4, -0.2) is 41.6 Å². The Balaban J connectivity index is 1.52. The second-order valence-corrected chi connectivity index (χ2v) is 8.30. The molecule has 2 aromatic carbocycles. The van der Waals surface area contributed by atoms with Gasteiger partial charge < -0.3 is 15.1 Å². The van der Waals surface area contributed by atoms with E-state index in [0.29, 0.717) is 11.6 Å². The fourth-order valence-electron chi connectivity index (χ4n) is 4.00. The molecule has 0 aliphatic carbocycles. The number of aromatic nitrogens is 2. The molecule has 1 N–H and O–H groups in total. The van der Waals surface area contributed by atoms with Crippen molar-refractivity contribution in [3.63, 3.8) is 0 Å². The van der Waals surface area contributed by atoms with E-state index in [4.69, 9.17) is 0 Å². The number of para-hydroxylation sites is 1. The number of nitrogens with zero attached hydrogens (tertiary/aromatic N) is 4. The molecule has 7 heteroatoms. The molecule has 7 nitrogen and oxygen atoms in total. The zero-order valence-corrected chi connectivity index (χ0v) is 18.8. The number of piperazine rings is 1. The van der Waals surface area contributed by atoms with Gasteiger partial charge in [-0.15, -0.1) is 0 Å². The van der Waals surface area contributed by atoms with Gasteiger partial charge in [-0.1, -0.05) is 30.3 Å². The smallest absolute Gasteiger partial charge is 0.255 e. The number of benzene rings is 2. The maximum absolute atomic E-state index is 12.8. The molecule has 1 aromatic heterocycles. The molecular weight excluding hydrogens is 402 g/mol. The summed E-state index contributed by atoms with van der Waals surface area (Å²) in [6, 6.07) is 17.7. The molecule has 0 atom stereocenters. The van der Waals surface area contributed by atoms with E-state index in [2.05, 4.69) is 32.2 Å². The summed E-state index contributed by atoms with van der Waals surface area (Å²) in [6.07, 6.45) is 0. The van der Waals surface area contributed by atoms with Crippen molar-refractivity contribution in [2.75, 3.05) is 41.3 Å². The summed E-state index contributed by atoms with van der Waals surface area (Å²) in [6.45, 7) is 8.76. The van der Waals surface area contributed by atoms with Gasteiger partial charge in [-0.05, 0) is 50.1 Å². The van der Waals surface area contributed by atoms with Crippen LogP contribution in [0.15, 0.2) is 59.4 Å². The van der Waals surface area contributed by atoms with Gasteiger partial charge in [0.05, 0.1) is 0 Å². The van der Waals surface area contributed by atoms with Gasteiger partial charge in [-0.3, -0.25) is 14.2 Å². The van der Waals surface area contributed by atoms with Crippen molar-refractivity contribution in [3.8, 4) is 0 Å². The van der Waals surface area contributed by atoms with Gasteiger partial charge in [-0.25, -0.2) is 4.98 Å². The number of aryl methyl sites for hydroxylation is 3. The van der Waals surface area contributed by atoms with Gasteiger partial charge in [0, 0.05) is 49.3 Å². The van der Waals surface area contributed by atoms with E-state index in [-0.39, 0.29) is 18.0 Å². The Bertz CT molecular complexity index is 1160. The van der Waals surface area contributed by atoms with Crippen LogP contribution in [0, 0.1) is 20.8 Å². The van der Waals surface area contributed by atoms with Gasteiger partial charge in [0.25, 0.3) is 5.56 Å². The highest BCUT2D eigenvalue weighted by molar-refractivity contribution is 5.91. The summed E-state index contributed by atoms with van der Waals surface area (Å²) in [7, 11) is 0. The minimum Gasteiger partial charge on any atom is -0.368 e. The van der Waals surface area contributed by atoms with Crippen LogP contribution in [0.1, 0.15) is 16.8 Å². The third kappa shape index (κ3) is 4.82. The standard InChI is InChI=1S/C25H29N5O2/c1-18-9-10-19(2)22(15-18)27-23(31)17-30-24(32)16-20(3)26-25(30)29-13-11-28(12-14-29)21-7-5-4-6-8-21/h4-10,15-16H,11-14,17H2,1-3H3,(H,27,31). The lowest BCUT2D eigenvalue weighted by Crippen LogP contribution is -2.48. The van der Waals surface area contributed by atoms with Gasteiger partial charge in [-0.2, -0.15) is 0 Å². The molecule has 3 aromatic rings. The fourth-order valence-corrected chi connectivity index (χ4v) is 4.00. The van der Waals surface area contributed by atoms with Gasteiger partial charge in [0.2, 0.25) is 11.9 Å². The van der Waals surface area contributed by atoms with Crippen molar-refractivity contribution >= 4 is 23.2 Å². The number of hydrogen-bond acceptors (Lipinski definition) is 5. The number of carbonyl (C=O) groups is 1. The summed E-state index contributed by atoms with van der Waals surface area (Å²) in [4.78, 5) is 34.7. The predicted octanol–water partition coefficient (Wildman–Crippen LogP) is 3.13. The SMILES string of the molecule is Cc1ccc(C)c(NC(=O)Cn2c(N3CCN(c4ccccc4)CC3)nc(C)cc2=O)c1. The minimum atomic E-state index is -0.240. The lowest BCUT2D eigenvalue weighted by atomic mass is 10.1. The Labute approximate surface area is 188 Å². The largest absolute Gasteiger partial charge is 0.368 e. The van der Waals surface area contributed by atoms with Gasteiger partial charge in [0.15, 0.2) is 0 Å². The highest BCUT2D eigenvalue weighted by atomic mass is 16.2. The van der Waals surface area contributed by atoms with Crippen LogP contribution in [-0.2, 0) is 11.3 Å². The summed E-state index contributed by atoms with van der Waals surface area (Å²) >= 11 is 0. The molecule has 1 aliphatic rings. The van der Waals surface area contributed by atoms with E-state index in [9.17, 15) is 9.59 Å². The molecule has 32 heavy (non-hydrogen) atoms. The monoisotopic (exact) mass is 431 g/mol. The molecule has 0 spiro atoms. The van der Waals surface area contributed by atoms with Crippen molar-refractivity contribution in [2.24, 2.45) is 0 Å². The van der Waals surface area contributed by atoms with E-state index < -0.39 is 0 Å². The summed E-state index contributed by atoms with van der Waals surface area (Å²) in [5.41, 5.74) is 4.44. The Morgan fingerprint density at radius 3 is 2.34 bits per heavy atom. The average Bonchev–Trinajstić information content (AvgIpc) is 2.78. The molecule has 1 aliphatic heterocycles. The summed E-state index contributed by atoms with van der Waals surface area (Å²) in [5.74, 6) is 0.314. The lowest BCUT2D eigenvalue weighted by Gasteiger charge is -2.37. The van der Waals surface area contributed by atoms with Crippen molar-refractivity contribution in [2.45, 2.75) is 27.3 Å². The van der Waals surface area contributed by atoms with Crippen molar-refractivity contribution in [3.05, 3.63) is 81.8 Å². The predicted molar refractivity (Wildman–Crippen MR) is 129 cm³/mol. The Morgan fingerprint density at radius 1 is 0.938 bits per heavy atom. The maximum Gasteiger partial charge on any atom is 0.255 e. The molecule has 166 valence electrons. The van der Waals surface area contributed by atoms with E-state index >= 15 is 0 Å². The first-order chi connectivity index (χ1) is 15.4. The Hall–Kier alpha value is -3.61. The molecular formula is C25H29N5O2. The highest BCUT2D eigenvalue weighted by Gasteiger charge is 2.22. The first-order valence-corrected chi connectivity index (χ1v) is 10.9. The van der Waals surface area contributed by atoms with Crippen molar-refractivity contribution in [1.29, 1.82) is 0 Å². The number of amides is 1. The second kappa shape index (κ2) is 9.26. The van der Waals surface area contributed by atoms with E-state index in [1.54, 1.807) is 0 Å². The lowest BCUT2D eigenvalue weighted by molar-refractivity contribution is -0.116. The van der Waals surface area contributed by atoms with E-state index in [1.807, 2.05) is 57.2 Å². The van der Waals surface area contributed by atoms with E-state index in [0.717, 1.165) is 43.0 Å².